The lowest BCUT2D eigenvalue weighted by Gasteiger charge is -2.16. The topological polar surface area (TPSA) is 93.2 Å². The standard InChI is InChI=1S/C18H29N7O.HI/c1-4-14-13(15(5-2)26-24-14)11-20-18(19-6-3)21-12-17-23-22-16-9-7-8-10-25(16)17;/h4-12H2,1-3H3,(H2,19,20,21);1H. The SMILES string of the molecule is CCNC(=NCc1c(CC)noc1CC)NCc1nnc2n1CCCC2.I. The molecule has 0 atom stereocenters. The number of rotatable bonds is 7. The van der Waals surface area contributed by atoms with E-state index in [1.165, 1.54) is 12.8 Å². The molecule has 9 heteroatoms. The molecular weight excluding hydrogens is 457 g/mol. The van der Waals surface area contributed by atoms with Crippen molar-refractivity contribution >= 4 is 29.9 Å². The van der Waals surface area contributed by atoms with Crippen LogP contribution in [-0.4, -0.2) is 32.4 Å². The summed E-state index contributed by atoms with van der Waals surface area (Å²) in [5, 5.41) is 19.5. The molecule has 2 aromatic rings. The van der Waals surface area contributed by atoms with Crippen LogP contribution in [0.2, 0.25) is 0 Å². The van der Waals surface area contributed by atoms with Crippen LogP contribution < -0.4 is 10.6 Å². The average Bonchev–Trinajstić information content (AvgIpc) is 3.27. The van der Waals surface area contributed by atoms with E-state index in [4.69, 9.17) is 9.52 Å². The number of halogens is 1. The summed E-state index contributed by atoms with van der Waals surface area (Å²) < 4.78 is 7.65. The Kier molecular flexibility index (Phi) is 8.52. The molecule has 0 bridgehead atoms. The number of hydrogen-bond acceptors (Lipinski definition) is 5. The number of nitrogens with zero attached hydrogens (tertiary/aromatic N) is 5. The van der Waals surface area contributed by atoms with Gasteiger partial charge in [0.05, 0.1) is 18.8 Å². The zero-order chi connectivity index (χ0) is 18.4. The first-order valence-corrected chi connectivity index (χ1v) is 9.66. The van der Waals surface area contributed by atoms with Crippen LogP contribution in [-0.2, 0) is 38.9 Å². The fourth-order valence-electron chi connectivity index (χ4n) is 3.28. The van der Waals surface area contributed by atoms with E-state index in [2.05, 4.69) is 51.3 Å². The molecule has 27 heavy (non-hydrogen) atoms. The molecule has 150 valence electrons. The first-order chi connectivity index (χ1) is 12.8. The maximum absolute atomic E-state index is 5.43. The normalized spacial score (nSPS) is 13.8. The highest BCUT2D eigenvalue weighted by molar-refractivity contribution is 14.0. The lowest BCUT2D eigenvalue weighted by molar-refractivity contribution is 0.380. The quantitative estimate of drug-likeness (QED) is 0.355. The predicted molar refractivity (Wildman–Crippen MR) is 115 cm³/mol. The van der Waals surface area contributed by atoms with Gasteiger partial charge in [0.15, 0.2) is 11.8 Å². The number of guanidine groups is 1. The smallest absolute Gasteiger partial charge is 0.191 e. The van der Waals surface area contributed by atoms with Crippen molar-refractivity contribution in [3.05, 3.63) is 28.7 Å². The molecule has 0 spiro atoms. The summed E-state index contributed by atoms with van der Waals surface area (Å²) >= 11 is 0. The Balaban J connectivity index is 0.00000261. The Morgan fingerprint density at radius 1 is 1.15 bits per heavy atom. The van der Waals surface area contributed by atoms with Crippen molar-refractivity contribution in [3.8, 4) is 0 Å². The summed E-state index contributed by atoms with van der Waals surface area (Å²) in [5.41, 5.74) is 2.10. The third kappa shape index (κ3) is 5.20. The summed E-state index contributed by atoms with van der Waals surface area (Å²) in [5.74, 6) is 3.76. The summed E-state index contributed by atoms with van der Waals surface area (Å²) in [7, 11) is 0. The van der Waals surface area contributed by atoms with Crippen LogP contribution in [0.15, 0.2) is 9.52 Å². The molecule has 0 amide bonds. The minimum atomic E-state index is 0. The van der Waals surface area contributed by atoms with Crippen LogP contribution in [0, 0.1) is 0 Å². The van der Waals surface area contributed by atoms with Crippen molar-refractivity contribution in [2.45, 2.75) is 72.5 Å². The van der Waals surface area contributed by atoms with E-state index in [-0.39, 0.29) is 24.0 Å². The molecule has 1 aliphatic heterocycles. The Labute approximate surface area is 177 Å². The summed E-state index contributed by atoms with van der Waals surface area (Å²) in [6.07, 6.45) is 5.10. The van der Waals surface area contributed by atoms with E-state index in [9.17, 15) is 0 Å². The monoisotopic (exact) mass is 487 g/mol. The van der Waals surface area contributed by atoms with Crippen molar-refractivity contribution < 1.29 is 4.52 Å². The highest BCUT2D eigenvalue weighted by Gasteiger charge is 2.16. The molecule has 3 rings (SSSR count). The van der Waals surface area contributed by atoms with E-state index >= 15 is 0 Å². The summed E-state index contributed by atoms with van der Waals surface area (Å²) in [6.45, 7) is 9.20. The van der Waals surface area contributed by atoms with Crippen LogP contribution >= 0.6 is 24.0 Å². The Hall–Kier alpha value is -1.65. The minimum Gasteiger partial charge on any atom is -0.361 e. The van der Waals surface area contributed by atoms with Gasteiger partial charge < -0.3 is 19.7 Å². The highest BCUT2D eigenvalue weighted by atomic mass is 127. The molecular formula is C18H30IN7O. The second-order valence-electron chi connectivity index (χ2n) is 6.43. The fraction of sp³-hybridized carbons (Fsp3) is 0.667. The van der Waals surface area contributed by atoms with Gasteiger partial charge in [0, 0.05) is 31.5 Å². The highest BCUT2D eigenvalue weighted by Crippen LogP contribution is 2.17. The third-order valence-corrected chi connectivity index (χ3v) is 4.70. The van der Waals surface area contributed by atoms with Gasteiger partial charge in [-0.15, -0.1) is 34.2 Å². The largest absolute Gasteiger partial charge is 0.361 e. The molecule has 0 saturated carbocycles. The van der Waals surface area contributed by atoms with Gasteiger partial charge in [-0.25, -0.2) is 4.99 Å². The molecule has 0 unspecified atom stereocenters. The van der Waals surface area contributed by atoms with Gasteiger partial charge in [-0.3, -0.25) is 0 Å². The average molecular weight is 487 g/mol. The van der Waals surface area contributed by atoms with Gasteiger partial charge in [-0.05, 0) is 26.2 Å². The molecule has 0 fully saturated rings. The molecule has 0 aromatic carbocycles. The minimum absolute atomic E-state index is 0. The first-order valence-electron chi connectivity index (χ1n) is 9.66. The second kappa shape index (κ2) is 10.6. The third-order valence-electron chi connectivity index (χ3n) is 4.70. The predicted octanol–water partition coefficient (Wildman–Crippen LogP) is 2.60. The van der Waals surface area contributed by atoms with E-state index in [0.29, 0.717) is 13.1 Å². The maximum atomic E-state index is 5.43. The molecule has 0 saturated heterocycles. The Morgan fingerprint density at radius 3 is 2.74 bits per heavy atom. The fourth-order valence-corrected chi connectivity index (χ4v) is 3.28. The Morgan fingerprint density at radius 2 is 2.00 bits per heavy atom. The van der Waals surface area contributed by atoms with Crippen molar-refractivity contribution in [2.75, 3.05) is 6.54 Å². The van der Waals surface area contributed by atoms with Gasteiger partial charge in [0.25, 0.3) is 0 Å². The molecule has 2 aromatic heterocycles. The summed E-state index contributed by atoms with van der Waals surface area (Å²) in [4.78, 5) is 4.72. The van der Waals surface area contributed by atoms with E-state index in [1.807, 2.05) is 0 Å². The zero-order valence-electron chi connectivity index (χ0n) is 16.4. The molecule has 8 nitrogen and oxygen atoms in total. The summed E-state index contributed by atoms with van der Waals surface area (Å²) in [6, 6.07) is 0. The maximum Gasteiger partial charge on any atom is 0.191 e. The number of nitrogens with one attached hydrogen (secondary N) is 2. The van der Waals surface area contributed by atoms with E-state index < -0.39 is 0 Å². The van der Waals surface area contributed by atoms with Gasteiger partial charge in [-0.1, -0.05) is 19.0 Å². The number of hydrogen-bond donors (Lipinski definition) is 2. The van der Waals surface area contributed by atoms with Crippen molar-refractivity contribution in [1.82, 2.24) is 30.6 Å². The second-order valence-corrected chi connectivity index (χ2v) is 6.43. The van der Waals surface area contributed by atoms with Crippen molar-refractivity contribution in [2.24, 2.45) is 4.99 Å². The molecule has 3 heterocycles. The van der Waals surface area contributed by atoms with E-state index in [0.717, 1.165) is 67.0 Å². The number of fused-ring (bicyclic) bond motifs is 1. The van der Waals surface area contributed by atoms with Crippen LogP contribution in [0.1, 0.15) is 62.3 Å². The Bertz CT molecular complexity index is 731. The zero-order valence-corrected chi connectivity index (χ0v) is 18.7. The molecule has 2 N–H and O–H groups in total. The van der Waals surface area contributed by atoms with Gasteiger partial charge in [-0.2, -0.15) is 0 Å². The molecule has 0 radical (unpaired) electrons. The van der Waals surface area contributed by atoms with Gasteiger partial charge in [0.1, 0.15) is 11.6 Å². The number of aryl methyl sites for hydroxylation is 3. The van der Waals surface area contributed by atoms with Crippen molar-refractivity contribution in [3.63, 3.8) is 0 Å². The van der Waals surface area contributed by atoms with Crippen LogP contribution in [0.3, 0.4) is 0 Å². The van der Waals surface area contributed by atoms with Crippen molar-refractivity contribution in [1.29, 1.82) is 0 Å². The van der Waals surface area contributed by atoms with Gasteiger partial charge >= 0.3 is 0 Å². The van der Waals surface area contributed by atoms with Crippen LogP contribution in [0.4, 0.5) is 0 Å². The lowest BCUT2D eigenvalue weighted by Crippen LogP contribution is -2.37. The lowest BCUT2D eigenvalue weighted by atomic mass is 10.1. The van der Waals surface area contributed by atoms with E-state index in [1.54, 1.807) is 0 Å². The number of aliphatic imine (C=N–C) groups is 1. The first kappa shape index (κ1) is 21.6. The van der Waals surface area contributed by atoms with Gasteiger partial charge in [0.2, 0.25) is 0 Å². The molecule has 1 aliphatic rings. The van der Waals surface area contributed by atoms with Crippen LogP contribution in [0.25, 0.3) is 0 Å². The number of aromatic nitrogens is 4. The van der Waals surface area contributed by atoms with Crippen LogP contribution in [0.5, 0.6) is 0 Å². The molecule has 0 aliphatic carbocycles.